The third-order valence-corrected chi connectivity index (χ3v) is 2.63. The minimum absolute atomic E-state index is 0.421. The van der Waals surface area contributed by atoms with Crippen molar-refractivity contribution in [2.75, 3.05) is 0 Å². The van der Waals surface area contributed by atoms with E-state index in [0.717, 1.165) is 5.56 Å². The third-order valence-electron chi connectivity index (χ3n) is 2.63. The predicted molar refractivity (Wildman–Crippen MR) is 69.1 cm³/mol. The van der Waals surface area contributed by atoms with Gasteiger partial charge in [-0.1, -0.05) is 18.1 Å². The van der Waals surface area contributed by atoms with Gasteiger partial charge in [-0.25, -0.2) is 0 Å². The second kappa shape index (κ2) is 6.05. The van der Waals surface area contributed by atoms with Crippen molar-refractivity contribution in [3.8, 4) is 5.75 Å². The van der Waals surface area contributed by atoms with E-state index in [2.05, 4.69) is 5.16 Å². The van der Waals surface area contributed by atoms with Crippen LogP contribution >= 0.6 is 0 Å². The summed E-state index contributed by atoms with van der Waals surface area (Å²) < 4.78 is 5.59. The molecule has 1 atom stereocenters. The second-order valence-corrected chi connectivity index (χ2v) is 4.10. The van der Waals surface area contributed by atoms with E-state index in [1.165, 1.54) is 0 Å². The van der Waals surface area contributed by atoms with Gasteiger partial charge in [-0.2, -0.15) is 0 Å². The van der Waals surface area contributed by atoms with Crippen LogP contribution in [0.15, 0.2) is 23.4 Å². The lowest BCUT2D eigenvalue weighted by Gasteiger charge is -2.17. The Morgan fingerprint density at radius 1 is 1.56 bits per heavy atom. The first kappa shape index (κ1) is 14.0. The lowest BCUT2D eigenvalue weighted by molar-refractivity contribution is -0.124. The van der Waals surface area contributed by atoms with Crippen LogP contribution in [0, 0.1) is 6.92 Å². The summed E-state index contributed by atoms with van der Waals surface area (Å²) in [6.07, 6.45) is -0.199. The van der Waals surface area contributed by atoms with Crippen LogP contribution in [-0.4, -0.2) is 22.9 Å². The van der Waals surface area contributed by atoms with Gasteiger partial charge in [0.1, 0.15) is 5.75 Å². The molecule has 1 aromatic carbocycles. The average molecular weight is 250 g/mol. The van der Waals surface area contributed by atoms with E-state index in [1.807, 2.05) is 19.9 Å². The van der Waals surface area contributed by atoms with E-state index in [0.29, 0.717) is 23.4 Å². The molecule has 1 aromatic rings. The fraction of sp³-hybridized carbons (Fsp3) is 0.385. The van der Waals surface area contributed by atoms with Crippen LogP contribution in [0.2, 0.25) is 0 Å². The molecule has 0 radical (unpaired) electrons. The number of hydrogen-bond acceptors (Lipinski definition) is 4. The zero-order valence-corrected chi connectivity index (χ0v) is 10.8. The molecule has 18 heavy (non-hydrogen) atoms. The molecule has 0 aliphatic rings. The largest absolute Gasteiger partial charge is 0.480 e. The minimum atomic E-state index is -0.683. The molecule has 0 aliphatic heterocycles. The summed E-state index contributed by atoms with van der Waals surface area (Å²) in [5.41, 5.74) is 7.30. The van der Waals surface area contributed by atoms with Crippen molar-refractivity contribution in [1.82, 2.24) is 0 Å². The normalized spacial score (nSPS) is 13.2. The highest BCUT2D eigenvalue weighted by Crippen LogP contribution is 2.23. The highest BCUT2D eigenvalue weighted by Gasteiger charge is 2.17. The van der Waals surface area contributed by atoms with Gasteiger partial charge in [0.05, 0.1) is 5.71 Å². The molecule has 98 valence electrons. The molecular formula is C13H18N2O3. The number of benzene rings is 1. The van der Waals surface area contributed by atoms with Crippen LogP contribution in [0.25, 0.3) is 0 Å². The molecule has 0 spiro atoms. The van der Waals surface area contributed by atoms with Gasteiger partial charge in [-0.05, 0) is 38.0 Å². The Balaban J connectivity index is 3.13. The summed E-state index contributed by atoms with van der Waals surface area (Å²) in [5.74, 6) is -0.0144. The topological polar surface area (TPSA) is 84.9 Å². The van der Waals surface area contributed by atoms with Crippen molar-refractivity contribution in [2.45, 2.75) is 33.3 Å². The Kier molecular flexibility index (Phi) is 4.71. The summed E-state index contributed by atoms with van der Waals surface area (Å²) in [6.45, 7) is 5.38. The van der Waals surface area contributed by atoms with Gasteiger partial charge in [-0.3, -0.25) is 4.79 Å². The number of nitrogens with two attached hydrogens (primary N) is 1. The van der Waals surface area contributed by atoms with Crippen molar-refractivity contribution in [1.29, 1.82) is 0 Å². The Bertz CT molecular complexity index is 469. The zero-order valence-electron chi connectivity index (χ0n) is 10.8. The maximum Gasteiger partial charge on any atom is 0.258 e. The molecule has 0 heterocycles. The molecule has 5 heteroatoms. The predicted octanol–water partition coefficient (Wildman–Crippen LogP) is 1.84. The lowest BCUT2D eigenvalue weighted by atomic mass is 10.1. The maximum atomic E-state index is 11.2. The van der Waals surface area contributed by atoms with Crippen LogP contribution < -0.4 is 10.5 Å². The maximum absolute atomic E-state index is 11.2. The number of carbonyl (C=O) groups excluding carboxylic acids is 1. The molecule has 5 nitrogen and oxygen atoms in total. The molecule has 0 saturated heterocycles. The highest BCUT2D eigenvalue weighted by atomic mass is 16.5. The van der Waals surface area contributed by atoms with Gasteiger partial charge in [-0.15, -0.1) is 0 Å². The van der Waals surface area contributed by atoms with Crippen molar-refractivity contribution in [2.24, 2.45) is 10.9 Å². The van der Waals surface area contributed by atoms with Gasteiger partial charge in [0.15, 0.2) is 6.10 Å². The SMILES string of the molecule is CCC(Oc1cc(C)ccc1C(C)=NO)C(N)=O. The number of carbonyl (C=O) groups is 1. The molecule has 0 bridgehead atoms. The Labute approximate surface area is 106 Å². The summed E-state index contributed by atoms with van der Waals surface area (Å²) >= 11 is 0. The number of hydrogen-bond donors (Lipinski definition) is 2. The van der Waals surface area contributed by atoms with Crippen LogP contribution in [0.5, 0.6) is 5.75 Å². The zero-order chi connectivity index (χ0) is 13.7. The van der Waals surface area contributed by atoms with E-state index in [9.17, 15) is 4.79 Å². The highest BCUT2D eigenvalue weighted by molar-refractivity contribution is 6.00. The molecular weight excluding hydrogens is 232 g/mol. The summed E-state index contributed by atoms with van der Waals surface area (Å²) in [6, 6.07) is 5.45. The number of nitrogens with zero attached hydrogens (tertiary/aromatic N) is 1. The Hall–Kier alpha value is -2.04. The van der Waals surface area contributed by atoms with E-state index in [1.54, 1.807) is 19.1 Å². The number of primary amides is 1. The van der Waals surface area contributed by atoms with Crippen LogP contribution in [-0.2, 0) is 4.79 Å². The number of oxime groups is 1. The van der Waals surface area contributed by atoms with Crippen molar-refractivity contribution in [3.05, 3.63) is 29.3 Å². The first-order valence-electron chi connectivity index (χ1n) is 5.75. The number of aryl methyl sites for hydroxylation is 1. The fourth-order valence-electron chi connectivity index (χ4n) is 1.58. The van der Waals surface area contributed by atoms with Gasteiger partial charge in [0.25, 0.3) is 5.91 Å². The van der Waals surface area contributed by atoms with E-state index >= 15 is 0 Å². The molecule has 3 N–H and O–H groups in total. The number of ether oxygens (including phenoxy) is 1. The average Bonchev–Trinajstić information content (AvgIpc) is 2.34. The van der Waals surface area contributed by atoms with Crippen LogP contribution in [0.4, 0.5) is 0 Å². The molecule has 0 saturated carbocycles. The van der Waals surface area contributed by atoms with E-state index in [-0.39, 0.29) is 0 Å². The number of rotatable bonds is 5. The molecule has 1 rings (SSSR count). The Morgan fingerprint density at radius 2 is 2.22 bits per heavy atom. The molecule has 1 amide bonds. The lowest BCUT2D eigenvalue weighted by Crippen LogP contribution is -2.33. The van der Waals surface area contributed by atoms with Crippen LogP contribution in [0.3, 0.4) is 0 Å². The van der Waals surface area contributed by atoms with Gasteiger partial charge >= 0.3 is 0 Å². The first-order valence-corrected chi connectivity index (χ1v) is 5.75. The second-order valence-electron chi connectivity index (χ2n) is 4.10. The monoisotopic (exact) mass is 250 g/mol. The van der Waals surface area contributed by atoms with Crippen molar-refractivity contribution >= 4 is 11.6 Å². The quantitative estimate of drug-likeness (QED) is 0.475. The summed E-state index contributed by atoms with van der Waals surface area (Å²) in [4.78, 5) is 11.2. The molecule has 1 unspecified atom stereocenters. The Morgan fingerprint density at radius 3 is 2.72 bits per heavy atom. The first-order chi connectivity index (χ1) is 8.49. The summed E-state index contributed by atoms with van der Waals surface area (Å²) in [7, 11) is 0. The van der Waals surface area contributed by atoms with Crippen molar-refractivity contribution in [3.63, 3.8) is 0 Å². The summed E-state index contributed by atoms with van der Waals surface area (Å²) in [5, 5.41) is 12.0. The van der Waals surface area contributed by atoms with Gasteiger partial charge in [0.2, 0.25) is 0 Å². The standard InChI is InChI=1S/C13H18N2O3/c1-4-11(13(14)16)18-12-7-8(2)5-6-10(12)9(3)15-17/h5-7,11,17H,4H2,1-3H3,(H2,14,16). The number of amides is 1. The van der Waals surface area contributed by atoms with E-state index in [4.69, 9.17) is 15.7 Å². The molecule has 0 aliphatic carbocycles. The van der Waals surface area contributed by atoms with Crippen molar-refractivity contribution < 1.29 is 14.7 Å². The smallest absolute Gasteiger partial charge is 0.258 e. The molecule has 0 aromatic heterocycles. The minimum Gasteiger partial charge on any atom is -0.480 e. The van der Waals surface area contributed by atoms with Gasteiger partial charge in [0, 0.05) is 5.56 Å². The van der Waals surface area contributed by atoms with E-state index < -0.39 is 12.0 Å². The van der Waals surface area contributed by atoms with Crippen LogP contribution in [0.1, 0.15) is 31.4 Å². The fourth-order valence-corrected chi connectivity index (χ4v) is 1.58. The third kappa shape index (κ3) is 3.23. The van der Waals surface area contributed by atoms with Gasteiger partial charge < -0.3 is 15.7 Å². The molecule has 0 fully saturated rings.